The first-order chi connectivity index (χ1) is 12.1. The van der Waals surface area contributed by atoms with Crippen molar-refractivity contribution in [3.05, 3.63) is 29.8 Å². The quantitative estimate of drug-likeness (QED) is 0.477. The van der Waals surface area contributed by atoms with Crippen molar-refractivity contribution in [2.45, 2.75) is 64.9 Å². The number of guanidine groups is 1. The van der Waals surface area contributed by atoms with Crippen LogP contribution < -0.4 is 15.4 Å². The third-order valence-electron chi connectivity index (χ3n) is 3.95. The monoisotopic (exact) mass is 382 g/mol. The molecule has 0 fully saturated rings. The summed E-state index contributed by atoms with van der Waals surface area (Å²) in [5.41, 5.74) is 1.16. The van der Waals surface area contributed by atoms with Crippen molar-refractivity contribution < 1.29 is 8.42 Å². The Morgan fingerprint density at radius 3 is 2.54 bits per heavy atom. The minimum atomic E-state index is -3.44. The lowest BCUT2D eigenvalue weighted by atomic mass is 9.89. The van der Waals surface area contributed by atoms with Crippen LogP contribution >= 0.6 is 0 Å². The molecule has 1 rings (SSSR count). The van der Waals surface area contributed by atoms with Gasteiger partial charge in [0.15, 0.2) is 5.96 Å². The van der Waals surface area contributed by atoms with Crippen molar-refractivity contribution in [1.82, 2.24) is 15.4 Å². The molecule has 1 aromatic carbocycles. The van der Waals surface area contributed by atoms with Gasteiger partial charge in [0.05, 0.1) is 11.4 Å². The maximum atomic E-state index is 11.9. The van der Waals surface area contributed by atoms with Gasteiger partial charge in [-0.25, -0.2) is 18.1 Å². The van der Waals surface area contributed by atoms with Crippen LogP contribution in [0.1, 0.15) is 53.0 Å². The van der Waals surface area contributed by atoms with Crippen LogP contribution in [-0.4, -0.2) is 34.0 Å². The highest BCUT2D eigenvalue weighted by molar-refractivity contribution is 7.89. The first-order valence-electron chi connectivity index (χ1n) is 9.14. The van der Waals surface area contributed by atoms with E-state index < -0.39 is 10.0 Å². The number of sulfonamides is 1. The van der Waals surface area contributed by atoms with E-state index in [-0.39, 0.29) is 4.90 Å². The van der Waals surface area contributed by atoms with Gasteiger partial charge in [-0.1, -0.05) is 32.9 Å². The van der Waals surface area contributed by atoms with Crippen molar-refractivity contribution in [2.75, 3.05) is 13.6 Å². The standard InChI is InChI=1S/C19H34N4O2S/c1-7-21-18(23-15(2)11-12-19(3,4)5)22-14-16-9-8-10-17(13-16)26(24,25)20-6/h8-10,13,15,20H,7,11-12,14H2,1-6H3,(H2,21,22,23). The van der Waals surface area contributed by atoms with Gasteiger partial charge in [-0.15, -0.1) is 0 Å². The first kappa shape index (κ1) is 22.4. The predicted octanol–water partition coefficient (Wildman–Crippen LogP) is 2.86. The normalized spacial score (nSPS) is 14.2. The van der Waals surface area contributed by atoms with Crippen LogP contribution in [0.3, 0.4) is 0 Å². The largest absolute Gasteiger partial charge is 0.357 e. The summed E-state index contributed by atoms with van der Waals surface area (Å²) in [6, 6.07) is 7.16. The van der Waals surface area contributed by atoms with Crippen LogP contribution in [-0.2, 0) is 16.6 Å². The van der Waals surface area contributed by atoms with Crippen LogP contribution in [0.5, 0.6) is 0 Å². The van der Waals surface area contributed by atoms with Gasteiger partial charge in [-0.3, -0.25) is 0 Å². The van der Waals surface area contributed by atoms with E-state index in [9.17, 15) is 8.42 Å². The summed E-state index contributed by atoms with van der Waals surface area (Å²) >= 11 is 0. The van der Waals surface area contributed by atoms with Gasteiger partial charge >= 0.3 is 0 Å². The van der Waals surface area contributed by atoms with Crippen LogP contribution in [0, 0.1) is 5.41 Å². The van der Waals surface area contributed by atoms with Crippen molar-refractivity contribution in [3.63, 3.8) is 0 Å². The second-order valence-corrected chi connectivity index (χ2v) is 9.58. The van der Waals surface area contributed by atoms with Crippen molar-refractivity contribution >= 4 is 16.0 Å². The minimum absolute atomic E-state index is 0.254. The summed E-state index contributed by atoms with van der Waals surface area (Å²) in [5, 5.41) is 6.67. The Morgan fingerprint density at radius 1 is 1.27 bits per heavy atom. The number of nitrogens with zero attached hydrogens (tertiary/aromatic N) is 1. The first-order valence-corrected chi connectivity index (χ1v) is 10.6. The van der Waals surface area contributed by atoms with E-state index in [1.165, 1.54) is 7.05 Å². The molecule has 0 saturated carbocycles. The number of nitrogens with one attached hydrogen (secondary N) is 3. The van der Waals surface area contributed by atoms with Crippen molar-refractivity contribution in [2.24, 2.45) is 10.4 Å². The zero-order chi connectivity index (χ0) is 19.8. The molecular formula is C19H34N4O2S. The molecule has 0 saturated heterocycles. The number of hydrogen-bond acceptors (Lipinski definition) is 3. The van der Waals surface area contributed by atoms with Gasteiger partial charge in [0, 0.05) is 12.6 Å². The molecule has 1 atom stereocenters. The zero-order valence-corrected chi connectivity index (χ0v) is 17.7. The Hall–Kier alpha value is -1.60. The lowest BCUT2D eigenvalue weighted by molar-refractivity contribution is 0.346. The predicted molar refractivity (Wildman–Crippen MR) is 109 cm³/mol. The third kappa shape index (κ3) is 8.19. The smallest absolute Gasteiger partial charge is 0.240 e. The fraction of sp³-hybridized carbons (Fsp3) is 0.632. The van der Waals surface area contributed by atoms with Gasteiger partial charge in [0.25, 0.3) is 0 Å². The third-order valence-corrected chi connectivity index (χ3v) is 5.36. The van der Waals surface area contributed by atoms with Gasteiger partial charge in [0.1, 0.15) is 0 Å². The molecule has 0 aromatic heterocycles. The number of rotatable bonds is 8. The van der Waals surface area contributed by atoms with E-state index in [0.29, 0.717) is 18.0 Å². The van der Waals surface area contributed by atoms with E-state index in [0.717, 1.165) is 30.9 Å². The Morgan fingerprint density at radius 2 is 1.96 bits per heavy atom. The molecule has 0 amide bonds. The second kappa shape index (κ2) is 9.92. The number of hydrogen-bond donors (Lipinski definition) is 3. The molecule has 1 unspecified atom stereocenters. The Balaban J connectivity index is 2.79. The highest BCUT2D eigenvalue weighted by atomic mass is 32.2. The van der Waals surface area contributed by atoms with E-state index >= 15 is 0 Å². The summed E-state index contributed by atoms with van der Waals surface area (Å²) < 4.78 is 26.2. The molecule has 0 aliphatic carbocycles. The number of benzene rings is 1. The summed E-state index contributed by atoms with van der Waals surface area (Å²) in [6.07, 6.45) is 2.19. The molecule has 0 spiro atoms. The molecule has 26 heavy (non-hydrogen) atoms. The summed E-state index contributed by atoms with van der Waals surface area (Å²) in [5.74, 6) is 0.746. The summed E-state index contributed by atoms with van der Waals surface area (Å²) in [6.45, 7) is 12.1. The van der Waals surface area contributed by atoms with Crippen LogP contribution in [0.4, 0.5) is 0 Å². The Bertz CT molecular complexity index is 694. The molecule has 0 heterocycles. The zero-order valence-electron chi connectivity index (χ0n) is 16.9. The Kier molecular flexibility index (Phi) is 8.56. The van der Waals surface area contributed by atoms with E-state index in [1.54, 1.807) is 18.2 Å². The molecule has 0 aliphatic rings. The number of aliphatic imine (C=N–C) groups is 1. The molecule has 7 heteroatoms. The lowest BCUT2D eigenvalue weighted by Gasteiger charge is -2.23. The fourth-order valence-corrected chi connectivity index (χ4v) is 3.17. The highest BCUT2D eigenvalue weighted by Crippen LogP contribution is 2.21. The topological polar surface area (TPSA) is 82.6 Å². The van der Waals surface area contributed by atoms with Gasteiger partial charge in [-0.2, -0.15) is 0 Å². The van der Waals surface area contributed by atoms with Gasteiger partial charge < -0.3 is 10.6 Å². The van der Waals surface area contributed by atoms with Gasteiger partial charge in [-0.05, 0) is 56.8 Å². The molecule has 0 radical (unpaired) electrons. The average Bonchev–Trinajstić information content (AvgIpc) is 2.58. The molecule has 1 aromatic rings. The molecule has 6 nitrogen and oxygen atoms in total. The maximum Gasteiger partial charge on any atom is 0.240 e. The molecule has 0 bridgehead atoms. The van der Waals surface area contributed by atoms with E-state index in [4.69, 9.17) is 0 Å². The highest BCUT2D eigenvalue weighted by Gasteiger charge is 2.14. The molecule has 148 valence electrons. The second-order valence-electron chi connectivity index (χ2n) is 7.69. The van der Waals surface area contributed by atoms with Gasteiger partial charge in [0.2, 0.25) is 10.0 Å². The maximum absolute atomic E-state index is 11.9. The molecular weight excluding hydrogens is 348 g/mol. The Labute approximate surface area is 158 Å². The van der Waals surface area contributed by atoms with Crippen LogP contribution in [0.15, 0.2) is 34.2 Å². The molecule has 3 N–H and O–H groups in total. The van der Waals surface area contributed by atoms with E-state index in [2.05, 4.69) is 48.0 Å². The molecule has 0 aliphatic heterocycles. The minimum Gasteiger partial charge on any atom is -0.357 e. The van der Waals surface area contributed by atoms with Crippen molar-refractivity contribution in [3.8, 4) is 0 Å². The SMILES string of the molecule is CCNC(=NCc1cccc(S(=O)(=O)NC)c1)NC(C)CCC(C)(C)C. The van der Waals surface area contributed by atoms with Crippen LogP contribution in [0.25, 0.3) is 0 Å². The average molecular weight is 383 g/mol. The summed E-state index contributed by atoms with van der Waals surface area (Å²) in [7, 11) is -2.03. The lowest BCUT2D eigenvalue weighted by Crippen LogP contribution is -2.42. The van der Waals surface area contributed by atoms with Crippen LogP contribution in [0.2, 0.25) is 0 Å². The fourth-order valence-electron chi connectivity index (χ4n) is 2.37. The summed E-state index contributed by atoms with van der Waals surface area (Å²) in [4.78, 5) is 4.85. The van der Waals surface area contributed by atoms with E-state index in [1.807, 2.05) is 13.0 Å². The van der Waals surface area contributed by atoms with Crippen molar-refractivity contribution in [1.29, 1.82) is 0 Å².